The number of likely N-dealkylation sites (tertiary alicyclic amines) is 2. The molecule has 0 radical (unpaired) electrons. The van der Waals surface area contributed by atoms with Crippen molar-refractivity contribution in [3.05, 3.63) is 29.8 Å². The van der Waals surface area contributed by atoms with Gasteiger partial charge in [-0.2, -0.15) is 13.2 Å². The van der Waals surface area contributed by atoms with Crippen molar-refractivity contribution in [2.24, 2.45) is 0 Å². The van der Waals surface area contributed by atoms with E-state index in [9.17, 15) is 18.0 Å². The van der Waals surface area contributed by atoms with E-state index in [1.54, 1.807) is 4.90 Å². The number of carbonyl (C=O) groups is 1. The van der Waals surface area contributed by atoms with Gasteiger partial charge in [-0.05, 0) is 18.2 Å². The molecule has 0 aromatic heterocycles. The molecular formula is C18H22F3N3O3. The Balaban J connectivity index is 1.26. The molecule has 1 spiro atoms. The van der Waals surface area contributed by atoms with Gasteiger partial charge in [0.05, 0.1) is 18.8 Å². The fourth-order valence-corrected chi connectivity index (χ4v) is 3.84. The van der Waals surface area contributed by atoms with Crippen LogP contribution in [0.4, 0.5) is 23.7 Å². The zero-order chi connectivity index (χ0) is 19.1. The second-order valence-electron chi connectivity index (χ2n) is 7.21. The first-order chi connectivity index (χ1) is 12.8. The molecule has 0 saturated carbocycles. The second-order valence-corrected chi connectivity index (χ2v) is 7.21. The van der Waals surface area contributed by atoms with Gasteiger partial charge in [-0.25, -0.2) is 4.79 Å². The maximum Gasteiger partial charge on any atom is 0.416 e. The van der Waals surface area contributed by atoms with Gasteiger partial charge in [-0.15, -0.1) is 0 Å². The summed E-state index contributed by atoms with van der Waals surface area (Å²) < 4.78 is 49.7. The fourth-order valence-electron chi connectivity index (χ4n) is 3.84. The van der Waals surface area contributed by atoms with Crippen LogP contribution in [0, 0.1) is 0 Å². The zero-order valence-corrected chi connectivity index (χ0v) is 14.8. The lowest BCUT2D eigenvalue weighted by atomic mass is 9.99. The average Bonchev–Trinajstić information content (AvgIpc) is 3.03. The van der Waals surface area contributed by atoms with Gasteiger partial charge in [0.2, 0.25) is 0 Å². The molecule has 27 heavy (non-hydrogen) atoms. The van der Waals surface area contributed by atoms with Crippen molar-refractivity contribution in [3.8, 4) is 0 Å². The quantitative estimate of drug-likeness (QED) is 0.851. The minimum absolute atomic E-state index is 0.147. The highest BCUT2D eigenvalue weighted by atomic mass is 19.4. The van der Waals surface area contributed by atoms with Crippen LogP contribution >= 0.6 is 0 Å². The number of nitrogens with zero attached hydrogens (tertiary/aromatic N) is 2. The standard InChI is InChI=1S/C18H22F3N3O3/c19-18(20,21)13-2-1-3-14(10-13)22-16(25)24-11-15(12-24)23-6-4-17(5-7-23)26-8-9-27-17/h1-3,10,15H,4-9,11-12H2,(H,22,25). The predicted molar refractivity (Wildman–Crippen MR) is 91.3 cm³/mol. The largest absolute Gasteiger partial charge is 0.416 e. The molecule has 0 aliphatic carbocycles. The van der Waals surface area contributed by atoms with Crippen LogP contribution in [-0.4, -0.2) is 67.1 Å². The van der Waals surface area contributed by atoms with Crippen molar-refractivity contribution in [1.82, 2.24) is 9.80 Å². The SMILES string of the molecule is O=C(Nc1cccc(C(F)(F)F)c1)N1CC(N2CCC3(CC2)OCCO3)C1. The highest BCUT2D eigenvalue weighted by Crippen LogP contribution is 2.33. The molecule has 3 aliphatic rings. The summed E-state index contributed by atoms with van der Waals surface area (Å²) in [5, 5.41) is 2.55. The van der Waals surface area contributed by atoms with Gasteiger partial charge < -0.3 is 19.7 Å². The molecule has 3 fully saturated rings. The lowest BCUT2D eigenvalue weighted by molar-refractivity contribution is -0.190. The van der Waals surface area contributed by atoms with Crippen LogP contribution in [0.25, 0.3) is 0 Å². The number of urea groups is 1. The molecule has 9 heteroatoms. The molecule has 3 aliphatic heterocycles. The van der Waals surface area contributed by atoms with Gasteiger partial charge in [0, 0.05) is 50.7 Å². The lowest BCUT2D eigenvalue weighted by Gasteiger charge is -2.48. The molecule has 4 rings (SSSR count). The summed E-state index contributed by atoms with van der Waals surface area (Å²) in [4.78, 5) is 16.2. The third kappa shape index (κ3) is 3.90. The Morgan fingerprint density at radius 3 is 2.44 bits per heavy atom. The number of amides is 2. The molecule has 2 amide bonds. The maximum atomic E-state index is 12.8. The first-order valence-electron chi connectivity index (χ1n) is 9.10. The van der Waals surface area contributed by atoms with E-state index in [-0.39, 0.29) is 17.8 Å². The first kappa shape index (κ1) is 18.5. The van der Waals surface area contributed by atoms with Gasteiger partial charge in [0.15, 0.2) is 5.79 Å². The maximum absolute atomic E-state index is 12.8. The Bertz CT molecular complexity index is 691. The van der Waals surface area contributed by atoms with E-state index in [4.69, 9.17) is 9.47 Å². The molecule has 0 unspecified atom stereocenters. The third-order valence-electron chi connectivity index (χ3n) is 5.48. The van der Waals surface area contributed by atoms with Crippen molar-refractivity contribution in [2.45, 2.75) is 30.8 Å². The minimum Gasteiger partial charge on any atom is -0.347 e. The molecular weight excluding hydrogens is 363 g/mol. The third-order valence-corrected chi connectivity index (χ3v) is 5.48. The topological polar surface area (TPSA) is 54.0 Å². The number of carbonyl (C=O) groups excluding carboxylic acids is 1. The summed E-state index contributed by atoms with van der Waals surface area (Å²) in [6.07, 6.45) is -2.79. The molecule has 0 bridgehead atoms. The molecule has 1 aromatic carbocycles. The van der Waals surface area contributed by atoms with Crippen LogP contribution in [0.2, 0.25) is 0 Å². The number of hydrogen-bond donors (Lipinski definition) is 1. The molecule has 3 heterocycles. The van der Waals surface area contributed by atoms with Crippen molar-refractivity contribution in [2.75, 3.05) is 44.7 Å². The number of halogens is 3. The fraction of sp³-hybridized carbons (Fsp3) is 0.611. The summed E-state index contributed by atoms with van der Waals surface area (Å²) >= 11 is 0. The number of alkyl halides is 3. The van der Waals surface area contributed by atoms with E-state index >= 15 is 0 Å². The van der Waals surface area contributed by atoms with E-state index in [1.165, 1.54) is 12.1 Å². The summed E-state index contributed by atoms with van der Waals surface area (Å²) in [6, 6.07) is 4.57. The number of hydrogen-bond acceptors (Lipinski definition) is 4. The van der Waals surface area contributed by atoms with Gasteiger partial charge in [-0.1, -0.05) is 6.07 Å². The van der Waals surface area contributed by atoms with Crippen LogP contribution in [0.15, 0.2) is 24.3 Å². The van der Waals surface area contributed by atoms with Crippen molar-refractivity contribution >= 4 is 11.7 Å². The first-order valence-corrected chi connectivity index (χ1v) is 9.10. The van der Waals surface area contributed by atoms with Gasteiger partial charge in [0.1, 0.15) is 0 Å². The van der Waals surface area contributed by atoms with Gasteiger partial charge >= 0.3 is 12.2 Å². The molecule has 148 valence electrons. The van der Waals surface area contributed by atoms with Crippen molar-refractivity contribution in [1.29, 1.82) is 0 Å². The van der Waals surface area contributed by atoms with Gasteiger partial charge in [-0.3, -0.25) is 4.90 Å². The number of rotatable bonds is 2. The second kappa shape index (κ2) is 6.96. The lowest BCUT2D eigenvalue weighted by Crippen LogP contribution is -2.64. The summed E-state index contributed by atoms with van der Waals surface area (Å²) in [6.45, 7) is 4.14. The van der Waals surface area contributed by atoms with Crippen LogP contribution in [0.3, 0.4) is 0 Å². The summed E-state index contributed by atoms with van der Waals surface area (Å²) in [5.74, 6) is -0.416. The highest BCUT2D eigenvalue weighted by Gasteiger charge is 2.43. The van der Waals surface area contributed by atoms with E-state index in [2.05, 4.69) is 10.2 Å². The van der Waals surface area contributed by atoms with E-state index < -0.39 is 17.5 Å². The molecule has 1 aromatic rings. The minimum atomic E-state index is -4.43. The van der Waals surface area contributed by atoms with E-state index in [1.807, 2.05) is 0 Å². The number of benzene rings is 1. The monoisotopic (exact) mass is 385 g/mol. The van der Waals surface area contributed by atoms with Crippen LogP contribution in [0.5, 0.6) is 0 Å². The molecule has 3 saturated heterocycles. The highest BCUT2D eigenvalue weighted by molar-refractivity contribution is 5.90. The number of piperidine rings is 1. The molecule has 1 N–H and O–H groups in total. The Kier molecular flexibility index (Phi) is 4.77. The summed E-state index contributed by atoms with van der Waals surface area (Å²) in [5.41, 5.74) is -0.630. The van der Waals surface area contributed by atoms with Crippen LogP contribution in [0.1, 0.15) is 18.4 Å². The van der Waals surface area contributed by atoms with Crippen molar-refractivity contribution in [3.63, 3.8) is 0 Å². The zero-order valence-electron chi connectivity index (χ0n) is 14.8. The number of nitrogens with one attached hydrogen (secondary N) is 1. The van der Waals surface area contributed by atoms with Gasteiger partial charge in [0.25, 0.3) is 0 Å². The smallest absolute Gasteiger partial charge is 0.347 e. The Morgan fingerprint density at radius 1 is 1.15 bits per heavy atom. The molecule has 0 atom stereocenters. The van der Waals surface area contributed by atoms with Crippen molar-refractivity contribution < 1.29 is 27.4 Å². The predicted octanol–water partition coefficient (Wildman–Crippen LogP) is 2.76. The number of anilines is 1. The summed E-state index contributed by atoms with van der Waals surface area (Å²) in [7, 11) is 0. The average molecular weight is 385 g/mol. The Hall–Kier alpha value is -1.84. The number of ether oxygens (including phenoxy) is 2. The van der Waals surface area contributed by atoms with Crippen LogP contribution in [-0.2, 0) is 15.7 Å². The molecule has 6 nitrogen and oxygen atoms in total. The Labute approximate surface area is 155 Å². The van der Waals surface area contributed by atoms with E-state index in [0.717, 1.165) is 38.1 Å². The van der Waals surface area contributed by atoms with E-state index in [0.29, 0.717) is 26.3 Å². The Morgan fingerprint density at radius 2 is 1.81 bits per heavy atom. The van der Waals surface area contributed by atoms with Crippen LogP contribution < -0.4 is 5.32 Å². The normalized spacial score (nSPS) is 23.4.